The smallest absolute Gasteiger partial charge is 0.244 e. The second kappa shape index (κ2) is 12.7. The molecule has 5 rings (SSSR count). The van der Waals surface area contributed by atoms with Crippen LogP contribution < -0.4 is 20.3 Å². The number of likely N-dealkylation sites (tertiary alicyclic amines) is 2. The number of rotatable bonds is 8. The number of β-amino-alcohol motifs (C(OH)–C–C–N with tert-alkyl or cyclic N) is 1. The number of ether oxygens (including phenoxy) is 1. The lowest BCUT2D eigenvalue weighted by Crippen LogP contribution is -2.52. The molecule has 3 aliphatic rings. The maximum absolute atomic E-state index is 13.1. The molecule has 218 valence electrons. The van der Waals surface area contributed by atoms with Crippen LogP contribution in [0.25, 0.3) is 0 Å². The average molecular weight is 564 g/mol. The molecule has 41 heavy (non-hydrogen) atoms. The summed E-state index contributed by atoms with van der Waals surface area (Å²) in [5.41, 5.74) is 2.16. The SMILES string of the molecule is COc1cccc(CNC(=O)[C@@H]2C[C@@H](O)CN2C2CCN(C(=O)CCC(=O)N3CC(=O)Nc4ccccc43)CC2)c1. The Morgan fingerprint density at radius 2 is 1.80 bits per heavy atom. The molecule has 2 fully saturated rings. The molecule has 0 aromatic heterocycles. The number of nitrogens with zero attached hydrogens (tertiary/aromatic N) is 3. The number of fused-ring (bicyclic) bond motifs is 1. The number of amides is 4. The molecule has 0 aliphatic carbocycles. The van der Waals surface area contributed by atoms with Gasteiger partial charge in [0.25, 0.3) is 0 Å². The number of hydrogen-bond acceptors (Lipinski definition) is 7. The van der Waals surface area contributed by atoms with E-state index in [-0.39, 0.29) is 49.1 Å². The monoisotopic (exact) mass is 563 g/mol. The molecule has 2 aromatic carbocycles. The summed E-state index contributed by atoms with van der Waals surface area (Å²) in [5.74, 6) is -0.00587. The Morgan fingerprint density at radius 3 is 2.59 bits per heavy atom. The zero-order valence-corrected chi connectivity index (χ0v) is 23.3. The number of carbonyl (C=O) groups is 4. The van der Waals surface area contributed by atoms with Gasteiger partial charge < -0.3 is 30.3 Å². The number of methoxy groups -OCH3 is 1. The zero-order valence-electron chi connectivity index (χ0n) is 23.3. The summed E-state index contributed by atoms with van der Waals surface area (Å²) in [6.07, 6.45) is 1.27. The van der Waals surface area contributed by atoms with Crippen LogP contribution in [-0.2, 0) is 25.7 Å². The van der Waals surface area contributed by atoms with Crippen LogP contribution in [0.15, 0.2) is 48.5 Å². The molecule has 3 heterocycles. The van der Waals surface area contributed by atoms with Crippen molar-refractivity contribution in [1.29, 1.82) is 0 Å². The number of para-hydroxylation sites is 2. The molecule has 0 saturated carbocycles. The van der Waals surface area contributed by atoms with E-state index in [1.165, 1.54) is 4.90 Å². The molecule has 2 aromatic rings. The summed E-state index contributed by atoms with van der Waals surface area (Å²) in [4.78, 5) is 56.3. The van der Waals surface area contributed by atoms with Gasteiger partial charge in [0.1, 0.15) is 12.3 Å². The van der Waals surface area contributed by atoms with Crippen molar-refractivity contribution in [3.05, 3.63) is 54.1 Å². The van der Waals surface area contributed by atoms with Gasteiger partial charge in [-0.25, -0.2) is 0 Å². The fraction of sp³-hybridized carbons (Fsp3) is 0.467. The summed E-state index contributed by atoms with van der Waals surface area (Å²) < 4.78 is 5.25. The van der Waals surface area contributed by atoms with Crippen molar-refractivity contribution in [3.63, 3.8) is 0 Å². The number of piperidine rings is 1. The number of nitrogens with one attached hydrogen (secondary N) is 2. The van der Waals surface area contributed by atoms with Crippen LogP contribution in [0.5, 0.6) is 5.75 Å². The fourth-order valence-electron chi connectivity index (χ4n) is 6.00. The number of hydrogen-bond donors (Lipinski definition) is 3. The zero-order chi connectivity index (χ0) is 28.9. The van der Waals surface area contributed by atoms with Crippen LogP contribution in [-0.4, -0.2) is 90.0 Å². The van der Waals surface area contributed by atoms with Gasteiger partial charge in [0.2, 0.25) is 23.6 Å². The number of benzene rings is 2. The third kappa shape index (κ3) is 6.68. The molecule has 0 radical (unpaired) electrons. The van der Waals surface area contributed by atoms with Gasteiger partial charge in [-0.05, 0) is 49.1 Å². The Bertz CT molecular complexity index is 1290. The molecular weight excluding hydrogens is 526 g/mol. The molecule has 11 heteroatoms. The summed E-state index contributed by atoms with van der Waals surface area (Å²) in [6, 6.07) is 14.3. The van der Waals surface area contributed by atoms with Crippen LogP contribution in [0.1, 0.15) is 37.7 Å². The number of aliphatic hydroxyl groups is 1. The van der Waals surface area contributed by atoms with Gasteiger partial charge in [0, 0.05) is 45.1 Å². The lowest BCUT2D eigenvalue weighted by Gasteiger charge is -2.39. The highest BCUT2D eigenvalue weighted by Gasteiger charge is 2.41. The summed E-state index contributed by atoms with van der Waals surface area (Å²) in [7, 11) is 1.60. The van der Waals surface area contributed by atoms with E-state index in [0.29, 0.717) is 56.8 Å². The van der Waals surface area contributed by atoms with Crippen molar-refractivity contribution in [2.24, 2.45) is 0 Å². The first-order valence-corrected chi connectivity index (χ1v) is 14.1. The standard InChI is InChI=1S/C30H37N5O6/c1-41-23-6-4-5-20(15-23)17-31-30(40)26-16-22(36)18-34(26)21-11-13-33(14-12-21)28(38)9-10-29(39)35-19-27(37)32-24-7-2-3-8-25(24)35/h2-8,15,21-22,26,36H,9-14,16-19H2,1H3,(H,31,40)(H,32,37)/t22-,26+/m1/s1. The van der Waals surface area contributed by atoms with Crippen LogP contribution in [0, 0.1) is 0 Å². The third-order valence-electron chi connectivity index (χ3n) is 8.13. The maximum atomic E-state index is 13.1. The number of anilines is 2. The summed E-state index contributed by atoms with van der Waals surface area (Å²) in [6.45, 7) is 1.78. The van der Waals surface area contributed by atoms with Crippen molar-refractivity contribution >= 4 is 35.0 Å². The van der Waals surface area contributed by atoms with E-state index in [1.807, 2.05) is 24.3 Å². The van der Waals surface area contributed by atoms with Crippen LogP contribution in [0.4, 0.5) is 11.4 Å². The molecule has 0 spiro atoms. The van der Waals surface area contributed by atoms with Crippen LogP contribution in [0.3, 0.4) is 0 Å². The van der Waals surface area contributed by atoms with E-state index in [4.69, 9.17) is 4.74 Å². The Kier molecular flexibility index (Phi) is 8.84. The number of aliphatic hydroxyl groups excluding tert-OH is 1. The molecule has 2 atom stereocenters. The molecule has 3 aliphatic heterocycles. The largest absolute Gasteiger partial charge is 0.497 e. The van der Waals surface area contributed by atoms with Crippen molar-refractivity contribution in [2.45, 2.75) is 56.8 Å². The highest BCUT2D eigenvalue weighted by Crippen LogP contribution is 2.30. The molecular formula is C30H37N5O6. The lowest BCUT2D eigenvalue weighted by molar-refractivity contribution is -0.135. The molecule has 3 N–H and O–H groups in total. The highest BCUT2D eigenvalue weighted by atomic mass is 16.5. The first kappa shape index (κ1) is 28.6. The van der Waals surface area contributed by atoms with Gasteiger partial charge >= 0.3 is 0 Å². The van der Waals surface area contributed by atoms with Crippen molar-refractivity contribution < 1.29 is 29.0 Å². The van der Waals surface area contributed by atoms with Crippen molar-refractivity contribution in [2.75, 3.05) is 43.5 Å². The minimum atomic E-state index is -0.574. The Morgan fingerprint density at radius 1 is 1.05 bits per heavy atom. The first-order valence-electron chi connectivity index (χ1n) is 14.1. The fourth-order valence-corrected chi connectivity index (χ4v) is 6.00. The molecule has 11 nitrogen and oxygen atoms in total. The third-order valence-corrected chi connectivity index (χ3v) is 8.13. The predicted octanol–water partition coefficient (Wildman–Crippen LogP) is 1.50. The second-order valence-electron chi connectivity index (χ2n) is 10.8. The normalized spacial score (nSPS) is 21.3. The summed E-state index contributed by atoms with van der Waals surface area (Å²) in [5, 5.41) is 16.1. The Hall–Kier alpha value is -3.96. The van der Waals surface area contributed by atoms with E-state index in [2.05, 4.69) is 15.5 Å². The van der Waals surface area contributed by atoms with Crippen LogP contribution >= 0.6 is 0 Å². The first-order chi connectivity index (χ1) is 19.8. The molecule has 0 unspecified atom stereocenters. The summed E-state index contributed by atoms with van der Waals surface area (Å²) >= 11 is 0. The van der Waals surface area contributed by atoms with Crippen molar-refractivity contribution in [1.82, 2.24) is 15.1 Å². The average Bonchev–Trinajstić information content (AvgIpc) is 3.39. The predicted molar refractivity (Wildman–Crippen MR) is 152 cm³/mol. The van der Waals surface area contributed by atoms with E-state index < -0.39 is 12.1 Å². The minimum absolute atomic E-state index is 0.0221. The van der Waals surface area contributed by atoms with Gasteiger partial charge in [-0.3, -0.25) is 24.1 Å². The van der Waals surface area contributed by atoms with E-state index >= 15 is 0 Å². The van der Waals surface area contributed by atoms with Crippen LogP contribution in [0.2, 0.25) is 0 Å². The van der Waals surface area contributed by atoms with Gasteiger partial charge in [0.05, 0.1) is 30.6 Å². The minimum Gasteiger partial charge on any atom is -0.497 e. The Balaban J connectivity index is 1.10. The highest BCUT2D eigenvalue weighted by molar-refractivity contribution is 6.10. The van der Waals surface area contributed by atoms with Crippen molar-refractivity contribution in [3.8, 4) is 5.75 Å². The van der Waals surface area contributed by atoms with Gasteiger partial charge in [-0.15, -0.1) is 0 Å². The van der Waals surface area contributed by atoms with Gasteiger partial charge in [-0.2, -0.15) is 0 Å². The topological polar surface area (TPSA) is 132 Å². The number of carbonyl (C=O) groups excluding carboxylic acids is 4. The van der Waals surface area contributed by atoms with Gasteiger partial charge in [0.15, 0.2) is 0 Å². The van der Waals surface area contributed by atoms with E-state index in [1.54, 1.807) is 36.3 Å². The molecule has 0 bridgehead atoms. The Labute approximate surface area is 239 Å². The lowest BCUT2D eigenvalue weighted by atomic mass is 10.0. The van der Waals surface area contributed by atoms with E-state index in [9.17, 15) is 24.3 Å². The second-order valence-corrected chi connectivity index (χ2v) is 10.8. The van der Waals surface area contributed by atoms with E-state index in [0.717, 1.165) is 11.3 Å². The maximum Gasteiger partial charge on any atom is 0.244 e. The van der Waals surface area contributed by atoms with Gasteiger partial charge in [-0.1, -0.05) is 24.3 Å². The molecule has 2 saturated heterocycles. The molecule has 4 amide bonds. The quantitative estimate of drug-likeness (QED) is 0.444.